The molecule has 0 amide bonds. The van der Waals surface area contributed by atoms with Crippen LogP contribution in [0.3, 0.4) is 0 Å². The van der Waals surface area contributed by atoms with Crippen molar-refractivity contribution in [2.24, 2.45) is 5.73 Å². The summed E-state index contributed by atoms with van der Waals surface area (Å²) < 4.78 is 11.0. The molecule has 0 bridgehead atoms. The quantitative estimate of drug-likeness (QED) is 0.756. The fourth-order valence-corrected chi connectivity index (χ4v) is 2.31. The smallest absolute Gasteiger partial charge is 0.122 e. The van der Waals surface area contributed by atoms with Gasteiger partial charge in [-0.15, -0.1) is 0 Å². The first-order valence-corrected chi connectivity index (χ1v) is 7.35. The highest BCUT2D eigenvalue weighted by atomic mass is 16.5. The minimum atomic E-state index is 0.126. The summed E-state index contributed by atoms with van der Waals surface area (Å²) in [4.78, 5) is 0. The Labute approximate surface area is 126 Å². The average molecular weight is 285 g/mol. The Bertz CT molecular complexity index is 528. The molecule has 3 nitrogen and oxygen atoms in total. The summed E-state index contributed by atoms with van der Waals surface area (Å²) >= 11 is 0. The van der Waals surface area contributed by atoms with Crippen LogP contribution < -0.4 is 15.2 Å². The van der Waals surface area contributed by atoms with E-state index in [0.717, 1.165) is 36.3 Å². The van der Waals surface area contributed by atoms with Crippen molar-refractivity contribution in [1.82, 2.24) is 0 Å². The Morgan fingerprint density at radius 1 is 1.00 bits per heavy atom. The molecule has 0 fully saturated rings. The van der Waals surface area contributed by atoms with Gasteiger partial charge in [0.25, 0.3) is 0 Å². The third-order valence-electron chi connectivity index (χ3n) is 3.41. The minimum Gasteiger partial charge on any atom is -0.496 e. The third-order valence-corrected chi connectivity index (χ3v) is 3.41. The van der Waals surface area contributed by atoms with Gasteiger partial charge in [0.2, 0.25) is 0 Å². The predicted octanol–water partition coefficient (Wildman–Crippen LogP) is 3.42. The second kappa shape index (κ2) is 8.32. The molecule has 1 atom stereocenters. The number of rotatable bonds is 8. The van der Waals surface area contributed by atoms with Crippen LogP contribution >= 0.6 is 0 Å². The lowest BCUT2D eigenvalue weighted by Crippen LogP contribution is -2.23. The van der Waals surface area contributed by atoms with E-state index in [1.165, 1.54) is 0 Å². The molecule has 0 aliphatic heterocycles. The first-order valence-electron chi connectivity index (χ1n) is 7.35. The van der Waals surface area contributed by atoms with Gasteiger partial charge in [0.15, 0.2) is 0 Å². The van der Waals surface area contributed by atoms with Gasteiger partial charge in [0.1, 0.15) is 11.5 Å². The van der Waals surface area contributed by atoms with E-state index in [-0.39, 0.29) is 6.04 Å². The van der Waals surface area contributed by atoms with Crippen molar-refractivity contribution < 1.29 is 9.47 Å². The van der Waals surface area contributed by atoms with Gasteiger partial charge in [-0.2, -0.15) is 0 Å². The Balaban J connectivity index is 1.71. The molecule has 2 aromatic carbocycles. The first kappa shape index (κ1) is 15.4. The number of benzene rings is 2. The normalized spacial score (nSPS) is 11.9. The Kier molecular flexibility index (Phi) is 6.10. The second-order valence-electron chi connectivity index (χ2n) is 5.08. The van der Waals surface area contributed by atoms with E-state index in [2.05, 4.69) is 6.07 Å². The van der Waals surface area contributed by atoms with Crippen molar-refractivity contribution in [2.75, 3.05) is 13.7 Å². The number of para-hydroxylation sites is 2. The molecule has 1 unspecified atom stereocenters. The summed E-state index contributed by atoms with van der Waals surface area (Å²) in [7, 11) is 1.69. The van der Waals surface area contributed by atoms with Gasteiger partial charge in [0.05, 0.1) is 13.7 Å². The van der Waals surface area contributed by atoms with Gasteiger partial charge in [-0.3, -0.25) is 0 Å². The lowest BCUT2D eigenvalue weighted by molar-refractivity contribution is 0.301. The molecule has 112 valence electrons. The van der Waals surface area contributed by atoms with Gasteiger partial charge < -0.3 is 15.2 Å². The molecule has 3 heteroatoms. The first-order chi connectivity index (χ1) is 10.3. The fourth-order valence-electron chi connectivity index (χ4n) is 2.31. The molecular weight excluding hydrogens is 262 g/mol. The molecule has 0 aliphatic carbocycles. The Morgan fingerprint density at radius 2 is 1.71 bits per heavy atom. The highest BCUT2D eigenvalue weighted by Gasteiger charge is 2.08. The zero-order valence-corrected chi connectivity index (χ0v) is 12.5. The zero-order valence-electron chi connectivity index (χ0n) is 12.5. The Morgan fingerprint density at radius 3 is 2.48 bits per heavy atom. The highest BCUT2D eigenvalue weighted by molar-refractivity contribution is 5.33. The van der Waals surface area contributed by atoms with Crippen LogP contribution in [0.15, 0.2) is 54.6 Å². The lowest BCUT2D eigenvalue weighted by Gasteiger charge is -2.14. The maximum absolute atomic E-state index is 6.20. The van der Waals surface area contributed by atoms with Crippen LogP contribution in [-0.4, -0.2) is 19.8 Å². The SMILES string of the molecule is COc1ccccc1CC(N)CCCOc1ccccc1. The third kappa shape index (κ3) is 5.12. The molecule has 0 heterocycles. The molecule has 2 rings (SSSR count). The van der Waals surface area contributed by atoms with Crippen LogP contribution in [0.4, 0.5) is 0 Å². The molecule has 2 aromatic rings. The number of methoxy groups -OCH3 is 1. The van der Waals surface area contributed by atoms with Crippen molar-refractivity contribution in [3.05, 3.63) is 60.2 Å². The summed E-state index contributed by atoms with van der Waals surface area (Å²) in [5.41, 5.74) is 7.36. The molecule has 0 radical (unpaired) electrons. The van der Waals surface area contributed by atoms with Crippen LogP contribution in [0.25, 0.3) is 0 Å². The molecule has 0 saturated heterocycles. The van der Waals surface area contributed by atoms with Gasteiger partial charge in [-0.1, -0.05) is 36.4 Å². The summed E-state index contributed by atoms with van der Waals surface area (Å²) in [5, 5.41) is 0. The van der Waals surface area contributed by atoms with Crippen LogP contribution in [0.2, 0.25) is 0 Å². The highest BCUT2D eigenvalue weighted by Crippen LogP contribution is 2.19. The fraction of sp³-hybridized carbons (Fsp3) is 0.333. The van der Waals surface area contributed by atoms with Gasteiger partial charge in [-0.05, 0) is 43.0 Å². The van der Waals surface area contributed by atoms with Gasteiger partial charge in [0, 0.05) is 6.04 Å². The number of hydrogen-bond donors (Lipinski definition) is 1. The van der Waals surface area contributed by atoms with E-state index >= 15 is 0 Å². The summed E-state index contributed by atoms with van der Waals surface area (Å²) in [5.74, 6) is 1.82. The van der Waals surface area contributed by atoms with E-state index < -0.39 is 0 Å². The molecule has 0 aromatic heterocycles. The van der Waals surface area contributed by atoms with Crippen LogP contribution in [0.1, 0.15) is 18.4 Å². The predicted molar refractivity (Wildman–Crippen MR) is 85.8 cm³/mol. The van der Waals surface area contributed by atoms with Crippen LogP contribution in [-0.2, 0) is 6.42 Å². The summed E-state index contributed by atoms with van der Waals surface area (Å²) in [6, 6.07) is 18.0. The van der Waals surface area contributed by atoms with Gasteiger partial charge >= 0.3 is 0 Å². The number of nitrogens with two attached hydrogens (primary N) is 1. The molecular formula is C18H23NO2. The van der Waals surface area contributed by atoms with Crippen molar-refractivity contribution in [3.63, 3.8) is 0 Å². The van der Waals surface area contributed by atoms with Crippen molar-refractivity contribution in [1.29, 1.82) is 0 Å². The summed E-state index contributed by atoms with van der Waals surface area (Å²) in [6.45, 7) is 0.698. The molecule has 0 aliphatic rings. The van der Waals surface area contributed by atoms with Crippen LogP contribution in [0.5, 0.6) is 11.5 Å². The maximum atomic E-state index is 6.20. The standard InChI is InChI=1S/C18H23NO2/c1-20-18-12-6-5-8-15(18)14-16(19)9-7-13-21-17-10-3-2-4-11-17/h2-6,8,10-12,16H,7,9,13-14,19H2,1H3. The second-order valence-corrected chi connectivity index (χ2v) is 5.08. The summed E-state index contributed by atoms with van der Waals surface area (Å²) in [6.07, 6.45) is 2.71. The molecule has 2 N–H and O–H groups in total. The van der Waals surface area contributed by atoms with Gasteiger partial charge in [-0.25, -0.2) is 0 Å². The van der Waals surface area contributed by atoms with Crippen molar-refractivity contribution in [2.45, 2.75) is 25.3 Å². The van der Waals surface area contributed by atoms with Crippen LogP contribution in [0, 0.1) is 0 Å². The topological polar surface area (TPSA) is 44.5 Å². The lowest BCUT2D eigenvalue weighted by atomic mass is 10.0. The van der Waals surface area contributed by atoms with E-state index in [9.17, 15) is 0 Å². The maximum Gasteiger partial charge on any atom is 0.122 e. The monoisotopic (exact) mass is 285 g/mol. The molecule has 0 saturated carbocycles. The van der Waals surface area contributed by atoms with E-state index in [1.807, 2.05) is 48.5 Å². The van der Waals surface area contributed by atoms with E-state index in [1.54, 1.807) is 7.11 Å². The van der Waals surface area contributed by atoms with E-state index in [4.69, 9.17) is 15.2 Å². The minimum absolute atomic E-state index is 0.126. The Hall–Kier alpha value is -2.00. The zero-order chi connectivity index (χ0) is 14.9. The van der Waals surface area contributed by atoms with Crippen molar-refractivity contribution >= 4 is 0 Å². The van der Waals surface area contributed by atoms with E-state index in [0.29, 0.717) is 6.61 Å². The molecule has 21 heavy (non-hydrogen) atoms. The number of hydrogen-bond acceptors (Lipinski definition) is 3. The number of ether oxygens (including phenoxy) is 2. The van der Waals surface area contributed by atoms with Crippen molar-refractivity contribution in [3.8, 4) is 11.5 Å². The average Bonchev–Trinajstić information content (AvgIpc) is 2.53. The largest absolute Gasteiger partial charge is 0.496 e. The molecule has 0 spiro atoms.